The zero-order valence-corrected chi connectivity index (χ0v) is 15.7. The summed E-state index contributed by atoms with van der Waals surface area (Å²) in [7, 11) is 0. The van der Waals surface area contributed by atoms with Gasteiger partial charge in [0.05, 0.1) is 23.2 Å². The molecule has 0 aliphatic heterocycles. The molecule has 27 heavy (non-hydrogen) atoms. The minimum absolute atomic E-state index is 0.00529. The van der Waals surface area contributed by atoms with Crippen LogP contribution in [0.2, 0.25) is 10.0 Å². The van der Waals surface area contributed by atoms with E-state index in [0.717, 1.165) is 0 Å². The number of ether oxygens (including phenoxy) is 1. The third kappa shape index (κ3) is 6.37. The normalized spacial score (nSPS) is 11.8. The van der Waals surface area contributed by atoms with Crippen molar-refractivity contribution < 1.29 is 23.1 Å². The summed E-state index contributed by atoms with van der Waals surface area (Å²) in [4.78, 5) is 24.1. The summed E-state index contributed by atoms with van der Waals surface area (Å²) >= 11 is 11.7. The summed E-state index contributed by atoms with van der Waals surface area (Å²) in [5.41, 5.74) is 0.771. The average molecular weight is 417 g/mol. The Balaban J connectivity index is 1.90. The monoisotopic (exact) mass is 416 g/mol. The first-order chi connectivity index (χ1) is 12.8. The highest BCUT2D eigenvalue weighted by Crippen LogP contribution is 2.21. The van der Waals surface area contributed by atoms with Crippen LogP contribution >= 0.6 is 23.2 Å². The molecule has 0 saturated heterocycles. The number of hydrogen-bond acceptors (Lipinski definition) is 3. The van der Waals surface area contributed by atoms with Gasteiger partial charge in [0.1, 0.15) is 5.75 Å². The molecule has 5 nitrogen and oxygen atoms in total. The smallest absolute Gasteiger partial charge is 0.387 e. The van der Waals surface area contributed by atoms with E-state index in [0.29, 0.717) is 10.6 Å². The molecule has 2 aromatic rings. The van der Waals surface area contributed by atoms with Gasteiger partial charge in [-0.2, -0.15) is 8.78 Å². The summed E-state index contributed by atoms with van der Waals surface area (Å²) < 4.78 is 28.9. The summed E-state index contributed by atoms with van der Waals surface area (Å²) in [6, 6.07) is 9.91. The first-order valence-corrected chi connectivity index (χ1v) is 8.59. The van der Waals surface area contributed by atoms with Gasteiger partial charge in [-0.15, -0.1) is 0 Å². The van der Waals surface area contributed by atoms with Crippen molar-refractivity contribution in [3.05, 3.63) is 63.6 Å². The maximum Gasteiger partial charge on any atom is 0.387 e. The highest BCUT2D eigenvalue weighted by Gasteiger charge is 2.15. The molecule has 0 bridgehead atoms. The lowest BCUT2D eigenvalue weighted by Gasteiger charge is -2.16. The van der Waals surface area contributed by atoms with E-state index in [4.69, 9.17) is 23.2 Å². The summed E-state index contributed by atoms with van der Waals surface area (Å²) in [6.45, 7) is -1.54. The Morgan fingerprint density at radius 3 is 2.56 bits per heavy atom. The number of halogens is 4. The second-order valence-corrected chi connectivity index (χ2v) is 6.39. The molecule has 1 unspecified atom stereocenters. The molecule has 0 aliphatic rings. The Bertz CT molecular complexity index is 834. The molecule has 0 fully saturated rings. The molecule has 0 saturated carbocycles. The number of alkyl halides is 2. The third-order valence-electron chi connectivity index (χ3n) is 3.55. The van der Waals surface area contributed by atoms with Crippen molar-refractivity contribution in [1.29, 1.82) is 0 Å². The van der Waals surface area contributed by atoms with Crippen LogP contribution in [0.4, 0.5) is 8.78 Å². The van der Waals surface area contributed by atoms with Crippen LogP contribution in [0, 0.1) is 0 Å². The van der Waals surface area contributed by atoms with Crippen molar-refractivity contribution in [1.82, 2.24) is 10.6 Å². The highest BCUT2D eigenvalue weighted by molar-refractivity contribution is 6.36. The first-order valence-electron chi connectivity index (χ1n) is 7.83. The standard InChI is InChI=1S/C18H16Cl2F2N2O3/c1-10(11-3-2-4-13(7-11)27-18(21)22)24-16(25)9-23-17(26)14-6-5-12(19)8-15(14)20/h2-8,10,18H,9H2,1H3,(H,23,26)(H,24,25). The minimum atomic E-state index is -2.93. The predicted octanol–water partition coefficient (Wildman–Crippen LogP) is 4.20. The number of hydrogen-bond donors (Lipinski definition) is 2. The fourth-order valence-corrected chi connectivity index (χ4v) is 2.76. The lowest BCUT2D eigenvalue weighted by atomic mass is 10.1. The van der Waals surface area contributed by atoms with Crippen LogP contribution < -0.4 is 15.4 Å². The van der Waals surface area contributed by atoms with Gasteiger partial charge in [0.25, 0.3) is 5.91 Å². The van der Waals surface area contributed by atoms with Gasteiger partial charge in [-0.1, -0.05) is 35.3 Å². The Kier molecular flexibility index (Phi) is 7.38. The Hall–Kier alpha value is -2.38. The Morgan fingerprint density at radius 1 is 1.15 bits per heavy atom. The maximum atomic E-state index is 12.3. The minimum Gasteiger partial charge on any atom is -0.435 e. The topological polar surface area (TPSA) is 67.4 Å². The molecule has 9 heteroatoms. The number of nitrogens with one attached hydrogen (secondary N) is 2. The van der Waals surface area contributed by atoms with Gasteiger partial charge in [0.2, 0.25) is 5.91 Å². The lowest BCUT2D eigenvalue weighted by Crippen LogP contribution is -2.38. The second-order valence-electron chi connectivity index (χ2n) is 5.55. The number of carbonyl (C=O) groups is 2. The van der Waals surface area contributed by atoms with Crippen molar-refractivity contribution in [2.24, 2.45) is 0 Å². The van der Waals surface area contributed by atoms with Crippen molar-refractivity contribution in [2.75, 3.05) is 6.54 Å². The van der Waals surface area contributed by atoms with E-state index in [1.54, 1.807) is 19.1 Å². The highest BCUT2D eigenvalue weighted by atomic mass is 35.5. The quantitative estimate of drug-likeness (QED) is 0.710. The average Bonchev–Trinajstić information content (AvgIpc) is 2.59. The predicted molar refractivity (Wildman–Crippen MR) is 98.4 cm³/mol. The molecular formula is C18H16Cl2F2N2O3. The van der Waals surface area contributed by atoms with Crippen LogP contribution in [-0.2, 0) is 4.79 Å². The fraction of sp³-hybridized carbons (Fsp3) is 0.222. The van der Waals surface area contributed by atoms with E-state index in [1.165, 1.54) is 30.3 Å². The van der Waals surface area contributed by atoms with Crippen LogP contribution in [0.3, 0.4) is 0 Å². The summed E-state index contributed by atoms with van der Waals surface area (Å²) in [5.74, 6) is -0.984. The first kappa shape index (κ1) is 20.9. The molecule has 0 heterocycles. The fourth-order valence-electron chi connectivity index (χ4n) is 2.27. The molecule has 2 aromatic carbocycles. The van der Waals surface area contributed by atoms with E-state index in [1.807, 2.05) is 0 Å². The van der Waals surface area contributed by atoms with Crippen molar-refractivity contribution in [2.45, 2.75) is 19.6 Å². The third-order valence-corrected chi connectivity index (χ3v) is 4.09. The van der Waals surface area contributed by atoms with Crippen molar-refractivity contribution in [3.63, 3.8) is 0 Å². The van der Waals surface area contributed by atoms with E-state index < -0.39 is 24.5 Å². The van der Waals surface area contributed by atoms with Crippen LogP contribution in [-0.4, -0.2) is 25.0 Å². The molecule has 2 amide bonds. The van der Waals surface area contributed by atoms with Crippen LogP contribution in [0.25, 0.3) is 0 Å². The van der Waals surface area contributed by atoms with E-state index in [-0.39, 0.29) is 22.9 Å². The maximum absolute atomic E-state index is 12.3. The van der Waals surface area contributed by atoms with Gasteiger partial charge in [0.15, 0.2) is 0 Å². The van der Waals surface area contributed by atoms with Gasteiger partial charge >= 0.3 is 6.61 Å². The van der Waals surface area contributed by atoms with Gasteiger partial charge in [-0.3, -0.25) is 9.59 Å². The number of carbonyl (C=O) groups excluding carboxylic acids is 2. The zero-order chi connectivity index (χ0) is 20.0. The van der Waals surface area contributed by atoms with E-state index in [9.17, 15) is 18.4 Å². The molecule has 2 N–H and O–H groups in total. The van der Waals surface area contributed by atoms with Crippen LogP contribution in [0.1, 0.15) is 28.9 Å². The molecule has 0 radical (unpaired) electrons. The van der Waals surface area contributed by atoms with Crippen LogP contribution in [0.15, 0.2) is 42.5 Å². The lowest BCUT2D eigenvalue weighted by molar-refractivity contribution is -0.120. The zero-order valence-electron chi connectivity index (χ0n) is 14.1. The molecule has 144 valence electrons. The molecular weight excluding hydrogens is 401 g/mol. The number of amides is 2. The van der Waals surface area contributed by atoms with Crippen LogP contribution in [0.5, 0.6) is 5.75 Å². The second kappa shape index (κ2) is 9.53. The van der Waals surface area contributed by atoms with E-state index in [2.05, 4.69) is 15.4 Å². The summed E-state index contributed by atoms with van der Waals surface area (Å²) in [5, 5.41) is 5.67. The van der Waals surface area contributed by atoms with Gasteiger partial charge in [-0.25, -0.2) is 0 Å². The summed E-state index contributed by atoms with van der Waals surface area (Å²) in [6.07, 6.45) is 0. The Labute approximate surface area is 164 Å². The van der Waals surface area contributed by atoms with Gasteiger partial charge in [0, 0.05) is 5.02 Å². The molecule has 0 spiro atoms. The van der Waals surface area contributed by atoms with Crippen molar-refractivity contribution in [3.8, 4) is 5.75 Å². The largest absolute Gasteiger partial charge is 0.435 e. The van der Waals surface area contributed by atoms with Crippen molar-refractivity contribution >= 4 is 35.0 Å². The Morgan fingerprint density at radius 2 is 1.89 bits per heavy atom. The molecule has 1 atom stereocenters. The van der Waals surface area contributed by atoms with Gasteiger partial charge < -0.3 is 15.4 Å². The van der Waals surface area contributed by atoms with E-state index >= 15 is 0 Å². The molecule has 2 rings (SSSR count). The number of rotatable bonds is 7. The number of benzene rings is 2. The van der Waals surface area contributed by atoms with Gasteiger partial charge in [-0.05, 0) is 42.8 Å². The molecule has 0 aliphatic carbocycles. The molecule has 0 aromatic heterocycles. The SMILES string of the molecule is CC(NC(=O)CNC(=O)c1ccc(Cl)cc1Cl)c1cccc(OC(F)F)c1.